The summed E-state index contributed by atoms with van der Waals surface area (Å²) in [6.45, 7) is -0.696. The topological polar surface area (TPSA) is 115 Å². The molecule has 7 heteroatoms. The molecule has 7 nitrogen and oxygen atoms in total. The van der Waals surface area contributed by atoms with E-state index >= 15 is 0 Å². The molecule has 0 saturated heterocycles. The molecule has 0 aliphatic rings. The van der Waals surface area contributed by atoms with Crippen molar-refractivity contribution in [2.24, 2.45) is 5.11 Å². The van der Waals surface area contributed by atoms with E-state index in [2.05, 4.69) is 10.0 Å². The first-order valence-electron chi connectivity index (χ1n) is 4.42. The summed E-state index contributed by atoms with van der Waals surface area (Å²) in [6, 6.07) is 7.37. The Kier molecular flexibility index (Phi) is 4.14. The highest BCUT2D eigenvalue weighted by atomic mass is 16.8. The molecule has 0 heterocycles. The SMILES string of the molecule is [N-]=[N+]=NC(/C(CO)=[N+](/[O-])O)c1ccccc1. The number of aliphatic hydroxyl groups excluding tert-OH is 1. The number of nitrogens with zero attached hydrogens (tertiary/aromatic N) is 4. The summed E-state index contributed by atoms with van der Waals surface area (Å²) in [5.74, 6) is 0. The molecule has 0 aliphatic carbocycles. The number of rotatable bonds is 4. The predicted molar refractivity (Wildman–Crippen MR) is 55.8 cm³/mol. The van der Waals surface area contributed by atoms with Crippen LogP contribution in [0.25, 0.3) is 10.4 Å². The first-order valence-corrected chi connectivity index (χ1v) is 4.42. The number of hydrogen-bond acceptors (Lipinski definition) is 4. The smallest absolute Gasteiger partial charge is 0.260 e. The van der Waals surface area contributed by atoms with Crippen LogP contribution in [0.15, 0.2) is 35.4 Å². The zero-order valence-electron chi connectivity index (χ0n) is 8.26. The first kappa shape index (κ1) is 11.8. The normalized spacial score (nSPS) is 13.6. The molecule has 0 radical (unpaired) electrons. The standard InChI is InChI=1S/C9H10N4O3/c10-12-11-9(8(6-14)13(15)16)7-4-2-1-3-5-7/h1-5,9,14H,6H2,(H,15,16). The molecule has 0 fully saturated rings. The highest BCUT2D eigenvalue weighted by Crippen LogP contribution is 2.18. The lowest BCUT2D eigenvalue weighted by molar-refractivity contribution is -0.728. The van der Waals surface area contributed by atoms with E-state index in [0.717, 1.165) is 0 Å². The lowest BCUT2D eigenvalue weighted by Gasteiger charge is -2.08. The Hall–Kier alpha value is -2.24. The van der Waals surface area contributed by atoms with Crippen LogP contribution in [0.5, 0.6) is 0 Å². The Morgan fingerprint density at radius 1 is 1.50 bits per heavy atom. The fourth-order valence-corrected chi connectivity index (χ4v) is 1.26. The zero-order valence-corrected chi connectivity index (χ0v) is 8.26. The van der Waals surface area contributed by atoms with Crippen molar-refractivity contribution in [2.45, 2.75) is 6.04 Å². The van der Waals surface area contributed by atoms with Crippen LogP contribution in [0, 0.1) is 5.21 Å². The largest absolute Gasteiger partial charge is 0.417 e. The molecule has 0 aromatic heterocycles. The molecular formula is C9H10N4O3. The molecule has 2 N–H and O–H groups in total. The molecule has 0 aliphatic heterocycles. The molecule has 1 atom stereocenters. The summed E-state index contributed by atoms with van der Waals surface area (Å²) in [6.07, 6.45) is 0. The maximum Gasteiger partial charge on any atom is 0.260 e. The average molecular weight is 222 g/mol. The second-order valence-corrected chi connectivity index (χ2v) is 2.94. The Balaban J connectivity index is 3.20. The van der Waals surface area contributed by atoms with Gasteiger partial charge in [0.2, 0.25) is 0 Å². The van der Waals surface area contributed by atoms with Gasteiger partial charge in [0.15, 0.2) is 6.04 Å². The van der Waals surface area contributed by atoms with Crippen molar-refractivity contribution in [3.63, 3.8) is 0 Å². The third-order valence-corrected chi connectivity index (χ3v) is 2.01. The summed E-state index contributed by atoms with van der Waals surface area (Å²) in [5, 5.41) is 31.8. The fraction of sp³-hybridized carbons (Fsp3) is 0.222. The van der Waals surface area contributed by atoms with Crippen LogP contribution in [0.4, 0.5) is 0 Å². The van der Waals surface area contributed by atoms with Gasteiger partial charge in [0.05, 0.1) is 0 Å². The van der Waals surface area contributed by atoms with Gasteiger partial charge >= 0.3 is 0 Å². The monoisotopic (exact) mass is 222 g/mol. The minimum absolute atomic E-state index is 0.330. The number of aliphatic hydroxyl groups is 1. The molecular weight excluding hydrogens is 212 g/mol. The average Bonchev–Trinajstić information content (AvgIpc) is 2.29. The zero-order chi connectivity index (χ0) is 12.0. The van der Waals surface area contributed by atoms with E-state index in [4.69, 9.17) is 15.8 Å². The molecule has 84 valence electrons. The molecule has 16 heavy (non-hydrogen) atoms. The van der Waals surface area contributed by atoms with E-state index < -0.39 is 17.6 Å². The van der Waals surface area contributed by atoms with E-state index in [1.807, 2.05) is 0 Å². The Bertz CT molecular complexity index is 422. The van der Waals surface area contributed by atoms with Gasteiger partial charge < -0.3 is 10.3 Å². The van der Waals surface area contributed by atoms with E-state index in [-0.39, 0.29) is 5.71 Å². The van der Waals surface area contributed by atoms with Gasteiger partial charge in [-0.3, -0.25) is 5.21 Å². The van der Waals surface area contributed by atoms with Crippen LogP contribution < -0.4 is 0 Å². The van der Waals surface area contributed by atoms with Crippen LogP contribution in [0.3, 0.4) is 0 Å². The van der Waals surface area contributed by atoms with Crippen molar-refractivity contribution in [1.29, 1.82) is 0 Å². The molecule has 0 amide bonds. The molecule has 0 spiro atoms. The Labute approximate surface area is 91.1 Å². The van der Waals surface area contributed by atoms with Crippen molar-refractivity contribution in [3.8, 4) is 0 Å². The molecule has 1 aromatic carbocycles. The minimum Gasteiger partial charge on any atom is -0.417 e. The highest BCUT2D eigenvalue weighted by Gasteiger charge is 2.24. The summed E-state index contributed by atoms with van der Waals surface area (Å²) < 4.78 is 0. The van der Waals surface area contributed by atoms with Crippen molar-refractivity contribution in [2.75, 3.05) is 6.61 Å². The van der Waals surface area contributed by atoms with Crippen molar-refractivity contribution in [3.05, 3.63) is 51.5 Å². The second kappa shape index (κ2) is 5.59. The molecule has 0 saturated carbocycles. The van der Waals surface area contributed by atoms with Crippen molar-refractivity contribution < 1.29 is 15.2 Å². The van der Waals surface area contributed by atoms with Gasteiger partial charge in [-0.2, -0.15) is 0 Å². The molecule has 0 bridgehead atoms. The predicted octanol–water partition coefficient (Wildman–Crippen LogP) is 1.37. The van der Waals surface area contributed by atoms with Gasteiger partial charge in [0.1, 0.15) is 6.61 Å². The van der Waals surface area contributed by atoms with Gasteiger partial charge in [0.25, 0.3) is 5.71 Å². The van der Waals surface area contributed by atoms with E-state index in [9.17, 15) is 5.21 Å². The molecule has 1 unspecified atom stereocenters. The van der Waals surface area contributed by atoms with Gasteiger partial charge in [-0.05, 0) is 11.1 Å². The van der Waals surface area contributed by atoms with E-state index in [1.165, 1.54) is 0 Å². The van der Waals surface area contributed by atoms with Crippen LogP contribution in [-0.4, -0.2) is 27.5 Å². The summed E-state index contributed by atoms with van der Waals surface area (Å²) in [4.78, 5) is 2.10. The van der Waals surface area contributed by atoms with Crippen molar-refractivity contribution in [1.82, 2.24) is 0 Å². The van der Waals surface area contributed by atoms with E-state index in [0.29, 0.717) is 5.56 Å². The highest BCUT2D eigenvalue weighted by molar-refractivity contribution is 5.87. The Morgan fingerprint density at radius 2 is 2.12 bits per heavy atom. The van der Waals surface area contributed by atoms with E-state index in [1.54, 1.807) is 30.3 Å². The van der Waals surface area contributed by atoms with Gasteiger partial charge in [-0.15, -0.1) is 0 Å². The number of hydrogen-bond donors (Lipinski definition) is 2. The minimum atomic E-state index is -1.02. The lowest BCUT2D eigenvalue weighted by Crippen LogP contribution is -2.23. The van der Waals surface area contributed by atoms with Crippen LogP contribution in [0.2, 0.25) is 0 Å². The maximum absolute atomic E-state index is 10.8. The molecule has 1 rings (SSSR count). The third kappa shape index (κ3) is 2.63. The second-order valence-electron chi connectivity index (χ2n) is 2.94. The summed E-state index contributed by atoms with van der Waals surface area (Å²) >= 11 is 0. The van der Waals surface area contributed by atoms with Gasteiger partial charge in [0, 0.05) is 9.81 Å². The summed E-state index contributed by atoms with van der Waals surface area (Å²) in [7, 11) is 0. The first-order chi connectivity index (χ1) is 7.70. The third-order valence-electron chi connectivity index (χ3n) is 2.01. The fourth-order valence-electron chi connectivity index (χ4n) is 1.26. The van der Waals surface area contributed by atoms with Crippen LogP contribution in [0.1, 0.15) is 11.6 Å². The van der Waals surface area contributed by atoms with Gasteiger partial charge in [-0.1, -0.05) is 35.4 Å². The molecule has 1 aromatic rings. The van der Waals surface area contributed by atoms with Crippen LogP contribution >= 0.6 is 0 Å². The summed E-state index contributed by atoms with van der Waals surface area (Å²) in [5.41, 5.74) is 8.57. The van der Waals surface area contributed by atoms with Gasteiger partial charge in [-0.25, -0.2) is 0 Å². The van der Waals surface area contributed by atoms with Crippen LogP contribution in [-0.2, 0) is 0 Å². The number of benzene rings is 1. The number of azide groups is 1. The maximum atomic E-state index is 10.8. The van der Waals surface area contributed by atoms with Crippen molar-refractivity contribution >= 4 is 5.71 Å². The quantitative estimate of drug-likeness (QED) is 0.152. The Morgan fingerprint density at radius 3 is 2.56 bits per heavy atom. The lowest BCUT2D eigenvalue weighted by atomic mass is 10.0.